The second-order valence-electron chi connectivity index (χ2n) is 8.34. The van der Waals surface area contributed by atoms with Crippen LogP contribution in [-0.2, 0) is 4.79 Å². The predicted octanol–water partition coefficient (Wildman–Crippen LogP) is 6.29. The Morgan fingerprint density at radius 3 is 2.00 bits per heavy atom. The van der Waals surface area contributed by atoms with E-state index in [1.807, 2.05) is 0 Å². The average molecular weight is 395 g/mol. The third kappa shape index (κ3) is 4.84. The summed E-state index contributed by atoms with van der Waals surface area (Å²) < 4.78 is 38.3. The number of ether oxygens (including phenoxy) is 2. The molecule has 0 saturated heterocycles. The highest BCUT2D eigenvalue weighted by molar-refractivity contribution is 5.75. The normalized spacial score (nSPS) is 28.0. The van der Waals surface area contributed by atoms with E-state index in [-0.39, 0.29) is 24.0 Å². The van der Waals surface area contributed by atoms with Crippen LogP contribution in [0.25, 0.3) is 0 Å². The Kier molecular flexibility index (Phi) is 7.30. The Balaban J connectivity index is 1.51. The van der Waals surface area contributed by atoms with E-state index < -0.39 is 17.6 Å². The van der Waals surface area contributed by atoms with Crippen molar-refractivity contribution in [2.75, 3.05) is 6.61 Å². The SMILES string of the molecule is CCOc1ccc(OC(=O)[C@H]2CC[C@H]([C@H]3CC[C@H](CC)CC3)CC2)c(F)c1F. The fourth-order valence-corrected chi connectivity index (χ4v) is 4.95. The van der Waals surface area contributed by atoms with Crippen LogP contribution in [0.2, 0.25) is 0 Å². The Morgan fingerprint density at radius 1 is 0.893 bits per heavy atom. The van der Waals surface area contributed by atoms with Crippen molar-refractivity contribution in [3.63, 3.8) is 0 Å². The van der Waals surface area contributed by atoms with Gasteiger partial charge in [-0.2, -0.15) is 8.78 Å². The Morgan fingerprint density at radius 2 is 1.43 bits per heavy atom. The second-order valence-corrected chi connectivity index (χ2v) is 8.34. The molecular weight excluding hydrogens is 362 g/mol. The first-order valence-corrected chi connectivity index (χ1v) is 10.9. The highest BCUT2D eigenvalue weighted by Gasteiger charge is 2.33. The third-order valence-electron chi connectivity index (χ3n) is 6.76. The molecule has 28 heavy (non-hydrogen) atoms. The molecule has 2 fully saturated rings. The summed E-state index contributed by atoms with van der Waals surface area (Å²) in [5.74, 6) is -1.10. The van der Waals surface area contributed by atoms with Gasteiger partial charge in [0, 0.05) is 0 Å². The summed E-state index contributed by atoms with van der Waals surface area (Å²) in [6.45, 7) is 4.21. The molecule has 0 bridgehead atoms. The van der Waals surface area contributed by atoms with Gasteiger partial charge in [-0.3, -0.25) is 4.79 Å². The number of rotatable bonds is 6. The number of carbonyl (C=O) groups is 1. The molecule has 2 aliphatic carbocycles. The third-order valence-corrected chi connectivity index (χ3v) is 6.76. The molecule has 0 aromatic heterocycles. The van der Waals surface area contributed by atoms with Crippen LogP contribution >= 0.6 is 0 Å². The summed E-state index contributed by atoms with van der Waals surface area (Å²) in [5, 5.41) is 0. The quantitative estimate of drug-likeness (QED) is 0.420. The van der Waals surface area contributed by atoms with Crippen molar-refractivity contribution in [2.24, 2.45) is 23.7 Å². The summed E-state index contributed by atoms with van der Waals surface area (Å²) in [6, 6.07) is 2.56. The van der Waals surface area contributed by atoms with Crippen LogP contribution in [-0.4, -0.2) is 12.6 Å². The molecule has 0 spiro atoms. The molecule has 2 saturated carbocycles. The van der Waals surface area contributed by atoms with Crippen molar-refractivity contribution in [1.29, 1.82) is 0 Å². The van der Waals surface area contributed by atoms with Gasteiger partial charge >= 0.3 is 5.97 Å². The van der Waals surface area contributed by atoms with Gasteiger partial charge in [-0.05, 0) is 75.3 Å². The van der Waals surface area contributed by atoms with Gasteiger partial charge in [0.25, 0.3) is 0 Å². The Hall–Kier alpha value is -1.65. The number of hydrogen-bond acceptors (Lipinski definition) is 3. The van der Waals surface area contributed by atoms with Gasteiger partial charge in [-0.15, -0.1) is 0 Å². The molecule has 2 aliphatic rings. The van der Waals surface area contributed by atoms with Crippen LogP contribution in [0.4, 0.5) is 8.78 Å². The number of hydrogen-bond donors (Lipinski definition) is 0. The maximum absolute atomic E-state index is 14.1. The van der Waals surface area contributed by atoms with E-state index in [4.69, 9.17) is 9.47 Å². The minimum atomic E-state index is -1.17. The maximum Gasteiger partial charge on any atom is 0.314 e. The van der Waals surface area contributed by atoms with Crippen molar-refractivity contribution in [1.82, 2.24) is 0 Å². The molecule has 0 atom stereocenters. The summed E-state index contributed by atoms with van der Waals surface area (Å²) in [6.07, 6.45) is 10.2. The first-order valence-electron chi connectivity index (χ1n) is 10.9. The van der Waals surface area contributed by atoms with Crippen LogP contribution in [0.5, 0.6) is 11.5 Å². The van der Waals surface area contributed by atoms with Gasteiger partial charge < -0.3 is 9.47 Å². The highest BCUT2D eigenvalue weighted by Crippen LogP contribution is 2.42. The zero-order valence-electron chi connectivity index (χ0n) is 17.0. The zero-order valence-corrected chi connectivity index (χ0v) is 17.0. The summed E-state index contributed by atoms with van der Waals surface area (Å²) in [7, 11) is 0. The van der Waals surface area contributed by atoms with E-state index in [0.717, 1.165) is 37.5 Å². The first-order chi connectivity index (χ1) is 13.5. The lowest BCUT2D eigenvalue weighted by Crippen LogP contribution is -2.30. The summed E-state index contributed by atoms with van der Waals surface area (Å²) in [4.78, 5) is 12.5. The van der Waals surface area contributed by atoms with E-state index in [0.29, 0.717) is 5.92 Å². The van der Waals surface area contributed by atoms with Gasteiger partial charge in [-0.1, -0.05) is 26.2 Å². The van der Waals surface area contributed by atoms with Gasteiger partial charge in [0.1, 0.15) is 0 Å². The molecule has 0 heterocycles. The van der Waals surface area contributed by atoms with Gasteiger partial charge in [0.05, 0.1) is 12.5 Å². The Bertz CT molecular complexity index is 660. The van der Waals surface area contributed by atoms with E-state index in [1.54, 1.807) is 6.92 Å². The second kappa shape index (κ2) is 9.71. The molecule has 0 radical (unpaired) electrons. The molecule has 0 aliphatic heterocycles. The van der Waals surface area contributed by atoms with Crippen molar-refractivity contribution in [3.05, 3.63) is 23.8 Å². The molecule has 1 aromatic rings. The van der Waals surface area contributed by atoms with Crippen molar-refractivity contribution < 1.29 is 23.0 Å². The lowest BCUT2D eigenvalue weighted by atomic mass is 9.69. The van der Waals surface area contributed by atoms with Crippen LogP contribution < -0.4 is 9.47 Å². The van der Waals surface area contributed by atoms with Crippen molar-refractivity contribution >= 4 is 5.97 Å². The molecule has 156 valence electrons. The van der Waals surface area contributed by atoms with Gasteiger partial charge in [0.2, 0.25) is 11.6 Å². The molecule has 3 rings (SSSR count). The molecule has 1 aromatic carbocycles. The number of halogens is 2. The topological polar surface area (TPSA) is 35.5 Å². The minimum Gasteiger partial charge on any atom is -0.491 e. The van der Waals surface area contributed by atoms with E-state index in [9.17, 15) is 13.6 Å². The van der Waals surface area contributed by atoms with E-state index >= 15 is 0 Å². The Labute approximate surface area is 166 Å². The summed E-state index contributed by atoms with van der Waals surface area (Å²) >= 11 is 0. The molecule has 0 amide bonds. The highest BCUT2D eigenvalue weighted by atomic mass is 19.2. The lowest BCUT2D eigenvalue weighted by molar-refractivity contribution is -0.140. The molecule has 5 heteroatoms. The number of esters is 1. The van der Waals surface area contributed by atoms with Crippen molar-refractivity contribution in [3.8, 4) is 11.5 Å². The zero-order chi connectivity index (χ0) is 20.1. The van der Waals surface area contributed by atoms with Crippen LogP contribution in [0.3, 0.4) is 0 Å². The lowest BCUT2D eigenvalue weighted by Gasteiger charge is -2.37. The molecule has 0 N–H and O–H groups in total. The van der Waals surface area contributed by atoms with Gasteiger partial charge in [-0.25, -0.2) is 0 Å². The first kappa shape index (κ1) is 21.1. The van der Waals surface area contributed by atoms with Crippen LogP contribution in [0.1, 0.15) is 71.6 Å². The molecular formula is C23H32F2O3. The summed E-state index contributed by atoms with van der Waals surface area (Å²) in [5.41, 5.74) is 0. The van der Waals surface area contributed by atoms with Crippen molar-refractivity contribution in [2.45, 2.75) is 71.6 Å². The monoisotopic (exact) mass is 394 g/mol. The fraction of sp³-hybridized carbons (Fsp3) is 0.696. The van der Waals surface area contributed by atoms with E-state index in [1.165, 1.54) is 44.2 Å². The van der Waals surface area contributed by atoms with Crippen LogP contribution in [0, 0.1) is 35.3 Å². The molecule has 3 nitrogen and oxygen atoms in total. The minimum absolute atomic E-state index is 0.168. The predicted molar refractivity (Wildman–Crippen MR) is 104 cm³/mol. The van der Waals surface area contributed by atoms with Gasteiger partial charge in [0.15, 0.2) is 11.5 Å². The van der Waals surface area contributed by atoms with Crippen LogP contribution in [0.15, 0.2) is 12.1 Å². The largest absolute Gasteiger partial charge is 0.491 e. The maximum atomic E-state index is 14.1. The fourth-order valence-electron chi connectivity index (χ4n) is 4.95. The standard InChI is InChI=1S/C23H32F2O3/c1-3-15-5-7-16(8-6-15)17-9-11-18(12-10-17)23(26)28-20-14-13-19(27-4-2)21(24)22(20)25/h13-18H,3-12H2,1-2H3/t15-,16-,17-,18-. The smallest absolute Gasteiger partial charge is 0.314 e. The molecule has 0 unspecified atom stereocenters. The number of benzene rings is 1. The average Bonchev–Trinajstić information content (AvgIpc) is 2.73. The van der Waals surface area contributed by atoms with E-state index in [2.05, 4.69) is 6.92 Å². The number of carbonyl (C=O) groups excluding carboxylic acids is 1.